The van der Waals surface area contributed by atoms with Gasteiger partial charge in [-0.05, 0) is 11.6 Å². The average Bonchev–Trinajstić information content (AvgIpc) is 2.41. The van der Waals surface area contributed by atoms with Gasteiger partial charge in [-0.15, -0.1) is 0 Å². The van der Waals surface area contributed by atoms with Gasteiger partial charge in [0, 0.05) is 30.7 Å². The van der Waals surface area contributed by atoms with Gasteiger partial charge in [0.15, 0.2) is 0 Å². The van der Waals surface area contributed by atoms with Crippen LogP contribution in [0, 0.1) is 5.82 Å². The molecular weight excluding hydrogens is 279 g/mol. The van der Waals surface area contributed by atoms with Crippen LogP contribution in [0.5, 0.6) is 5.75 Å². The van der Waals surface area contributed by atoms with Crippen molar-refractivity contribution >= 4 is 23.0 Å². The van der Waals surface area contributed by atoms with E-state index in [0.717, 1.165) is 5.56 Å². The molecule has 0 saturated heterocycles. The maximum absolute atomic E-state index is 14.0. The molecule has 2 N–H and O–H groups in total. The highest BCUT2D eigenvalue weighted by Crippen LogP contribution is 2.31. The van der Waals surface area contributed by atoms with Gasteiger partial charge in [0.25, 0.3) is 0 Å². The summed E-state index contributed by atoms with van der Waals surface area (Å²) in [5.74, 6) is 0.0604. The second-order valence-electron chi connectivity index (χ2n) is 4.49. The number of halogens is 2. The van der Waals surface area contributed by atoms with Crippen molar-refractivity contribution in [3.8, 4) is 5.75 Å². The molecule has 0 radical (unpaired) electrons. The number of hydrogen-bond acceptors (Lipinski definition) is 3. The molecule has 20 heavy (non-hydrogen) atoms. The van der Waals surface area contributed by atoms with Crippen LogP contribution in [-0.4, -0.2) is 14.2 Å². The highest BCUT2D eigenvalue weighted by molar-refractivity contribution is 6.31. The molecule has 106 valence electrons. The summed E-state index contributed by atoms with van der Waals surface area (Å²) in [5, 5.41) is 0.655. The molecule has 0 aromatic heterocycles. The van der Waals surface area contributed by atoms with Crippen LogP contribution < -0.4 is 15.4 Å². The van der Waals surface area contributed by atoms with Gasteiger partial charge in [-0.2, -0.15) is 0 Å². The number of rotatable bonds is 4. The number of anilines is 2. The second kappa shape index (κ2) is 6.01. The number of methoxy groups -OCH3 is 1. The molecule has 3 nitrogen and oxygen atoms in total. The number of nitrogens with zero attached hydrogens (tertiary/aromatic N) is 1. The smallest absolute Gasteiger partial charge is 0.148 e. The number of hydrogen-bond donors (Lipinski definition) is 1. The van der Waals surface area contributed by atoms with Crippen LogP contribution in [-0.2, 0) is 6.54 Å². The summed E-state index contributed by atoms with van der Waals surface area (Å²) in [6.45, 7) is 0.490. The van der Waals surface area contributed by atoms with Crippen molar-refractivity contribution in [2.24, 2.45) is 0 Å². The molecule has 0 amide bonds. The number of nitrogens with two attached hydrogens (primary N) is 1. The molecule has 0 atom stereocenters. The fourth-order valence-corrected chi connectivity index (χ4v) is 2.19. The van der Waals surface area contributed by atoms with Crippen LogP contribution in [0.15, 0.2) is 36.4 Å². The van der Waals surface area contributed by atoms with Crippen LogP contribution in [0.25, 0.3) is 0 Å². The Labute approximate surface area is 122 Å². The van der Waals surface area contributed by atoms with Crippen LogP contribution in [0.2, 0.25) is 5.02 Å². The minimum absolute atomic E-state index is 0.278. The highest BCUT2D eigenvalue weighted by atomic mass is 35.5. The topological polar surface area (TPSA) is 38.5 Å². The minimum Gasteiger partial charge on any atom is -0.495 e. The van der Waals surface area contributed by atoms with Crippen LogP contribution in [0.4, 0.5) is 15.8 Å². The highest BCUT2D eigenvalue weighted by Gasteiger charge is 2.13. The molecule has 0 spiro atoms. The second-order valence-corrected chi connectivity index (χ2v) is 4.90. The van der Waals surface area contributed by atoms with E-state index < -0.39 is 5.82 Å². The normalized spacial score (nSPS) is 10.4. The molecule has 0 unspecified atom stereocenters. The van der Waals surface area contributed by atoms with Crippen molar-refractivity contribution in [1.82, 2.24) is 0 Å². The molecule has 0 saturated carbocycles. The van der Waals surface area contributed by atoms with E-state index in [0.29, 0.717) is 23.0 Å². The lowest BCUT2D eigenvalue weighted by Crippen LogP contribution is -2.18. The van der Waals surface area contributed by atoms with E-state index >= 15 is 0 Å². The SMILES string of the molecule is COc1cc(N(C)Cc2ccccc2Cl)c(F)cc1N. The maximum atomic E-state index is 14.0. The van der Waals surface area contributed by atoms with Crippen molar-refractivity contribution in [1.29, 1.82) is 0 Å². The molecule has 0 bridgehead atoms. The summed E-state index contributed by atoms with van der Waals surface area (Å²) in [5.41, 5.74) is 7.29. The third kappa shape index (κ3) is 2.96. The minimum atomic E-state index is -0.391. The Hall–Kier alpha value is -1.94. The molecule has 0 aliphatic heterocycles. The first kappa shape index (κ1) is 14.5. The van der Waals surface area contributed by atoms with E-state index in [2.05, 4.69) is 0 Å². The molecule has 2 rings (SSSR count). The van der Waals surface area contributed by atoms with E-state index in [-0.39, 0.29) is 5.69 Å². The number of ether oxygens (including phenoxy) is 1. The van der Waals surface area contributed by atoms with Crippen LogP contribution in [0.3, 0.4) is 0 Å². The van der Waals surface area contributed by atoms with Gasteiger partial charge < -0.3 is 15.4 Å². The van der Waals surface area contributed by atoms with Crippen molar-refractivity contribution in [2.45, 2.75) is 6.54 Å². The first-order valence-electron chi connectivity index (χ1n) is 6.10. The lowest BCUT2D eigenvalue weighted by molar-refractivity contribution is 0.416. The molecule has 0 heterocycles. The standard InChI is InChI=1S/C15H16ClFN2O/c1-19(9-10-5-3-4-6-11(10)16)14-8-15(20-2)13(18)7-12(14)17/h3-8H,9,18H2,1-2H3. The van der Waals surface area contributed by atoms with Crippen molar-refractivity contribution < 1.29 is 9.13 Å². The number of benzene rings is 2. The summed E-state index contributed by atoms with van der Waals surface area (Å²) in [6.07, 6.45) is 0. The van der Waals surface area contributed by atoms with Gasteiger partial charge >= 0.3 is 0 Å². The Morgan fingerprint density at radius 2 is 2.00 bits per heavy atom. The lowest BCUT2D eigenvalue weighted by atomic mass is 10.2. The summed E-state index contributed by atoms with van der Waals surface area (Å²) < 4.78 is 19.1. The summed E-state index contributed by atoms with van der Waals surface area (Å²) in [6, 6.07) is 10.3. The predicted octanol–water partition coefficient (Wildman–Crippen LogP) is 3.71. The zero-order valence-corrected chi connectivity index (χ0v) is 12.1. The van der Waals surface area contributed by atoms with Crippen molar-refractivity contribution in [2.75, 3.05) is 24.8 Å². The van der Waals surface area contributed by atoms with Crippen molar-refractivity contribution in [3.63, 3.8) is 0 Å². The average molecular weight is 295 g/mol. The van der Waals surface area contributed by atoms with Gasteiger partial charge in [0.2, 0.25) is 0 Å². The Morgan fingerprint density at radius 3 is 2.65 bits per heavy atom. The summed E-state index contributed by atoms with van der Waals surface area (Å²) >= 11 is 6.11. The first-order valence-corrected chi connectivity index (χ1v) is 6.48. The number of nitrogen functional groups attached to an aromatic ring is 1. The predicted molar refractivity (Wildman–Crippen MR) is 80.9 cm³/mol. The van der Waals surface area contributed by atoms with Gasteiger partial charge in [0.1, 0.15) is 11.6 Å². The Morgan fingerprint density at radius 1 is 1.30 bits per heavy atom. The van der Waals surface area contributed by atoms with Crippen LogP contribution in [0.1, 0.15) is 5.56 Å². The van der Waals surface area contributed by atoms with E-state index in [4.69, 9.17) is 22.1 Å². The zero-order chi connectivity index (χ0) is 14.7. The molecule has 0 aliphatic carbocycles. The maximum Gasteiger partial charge on any atom is 0.148 e. The molecule has 2 aromatic carbocycles. The van der Waals surface area contributed by atoms with E-state index in [1.165, 1.54) is 13.2 Å². The summed E-state index contributed by atoms with van der Waals surface area (Å²) in [4.78, 5) is 1.76. The van der Waals surface area contributed by atoms with E-state index in [1.54, 1.807) is 18.0 Å². The zero-order valence-electron chi connectivity index (χ0n) is 11.4. The largest absolute Gasteiger partial charge is 0.495 e. The Balaban J connectivity index is 2.30. The molecule has 5 heteroatoms. The lowest BCUT2D eigenvalue weighted by Gasteiger charge is -2.21. The van der Waals surface area contributed by atoms with Crippen molar-refractivity contribution in [3.05, 3.63) is 52.8 Å². The quantitative estimate of drug-likeness (QED) is 0.874. The fourth-order valence-electron chi connectivity index (χ4n) is 1.99. The van der Waals surface area contributed by atoms with Gasteiger partial charge in [-0.1, -0.05) is 29.8 Å². The first-order chi connectivity index (χ1) is 9.52. The molecule has 2 aromatic rings. The van der Waals surface area contributed by atoms with Gasteiger partial charge in [-0.25, -0.2) is 4.39 Å². The molecular formula is C15H16ClFN2O. The van der Waals surface area contributed by atoms with E-state index in [1.807, 2.05) is 24.3 Å². The third-order valence-corrected chi connectivity index (χ3v) is 3.44. The third-order valence-electron chi connectivity index (χ3n) is 3.08. The van der Waals surface area contributed by atoms with Gasteiger partial charge in [0.05, 0.1) is 18.5 Å². The monoisotopic (exact) mass is 294 g/mol. The Bertz CT molecular complexity index is 619. The van der Waals surface area contributed by atoms with Crippen LogP contribution >= 0.6 is 11.6 Å². The molecule has 0 fully saturated rings. The fraction of sp³-hybridized carbons (Fsp3) is 0.200. The van der Waals surface area contributed by atoms with Gasteiger partial charge in [-0.3, -0.25) is 0 Å². The van der Waals surface area contributed by atoms with E-state index in [9.17, 15) is 4.39 Å². The molecule has 0 aliphatic rings. The Kier molecular flexibility index (Phi) is 4.35. The summed E-state index contributed by atoms with van der Waals surface area (Å²) in [7, 11) is 3.29.